The van der Waals surface area contributed by atoms with Crippen LogP contribution in [0.4, 0.5) is 5.82 Å². The van der Waals surface area contributed by atoms with Gasteiger partial charge in [-0.2, -0.15) is 9.97 Å². The molecule has 8 rings (SSSR count). The van der Waals surface area contributed by atoms with Crippen molar-refractivity contribution in [2.75, 3.05) is 37.7 Å². The number of hydrogen-bond donors (Lipinski definition) is 0. The van der Waals surface area contributed by atoms with Crippen LogP contribution in [0.5, 0.6) is 6.01 Å². The number of carbonyl (C=O) groups is 1. The Morgan fingerprint density at radius 3 is 2.76 bits per heavy atom. The van der Waals surface area contributed by atoms with E-state index >= 15 is 0 Å². The highest BCUT2D eigenvalue weighted by Gasteiger charge is 2.49. The van der Waals surface area contributed by atoms with Gasteiger partial charge < -0.3 is 14.5 Å². The van der Waals surface area contributed by atoms with Crippen molar-refractivity contribution >= 4 is 45.1 Å². The molecule has 9 nitrogen and oxygen atoms in total. The van der Waals surface area contributed by atoms with Crippen molar-refractivity contribution in [1.82, 2.24) is 29.7 Å². The molecule has 0 spiro atoms. The molecule has 1 amide bonds. The zero-order valence-electron chi connectivity index (χ0n) is 23.4. The molecule has 4 aliphatic heterocycles. The van der Waals surface area contributed by atoms with Gasteiger partial charge >= 0.3 is 6.01 Å². The van der Waals surface area contributed by atoms with E-state index in [1.54, 1.807) is 6.20 Å². The fourth-order valence-electron chi connectivity index (χ4n) is 7.71. The number of halogens is 1. The largest absolute Gasteiger partial charge is 0.461 e. The molecule has 0 unspecified atom stereocenters. The average molecular weight is 582 g/mol. The molecule has 4 aromatic rings. The summed E-state index contributed by atoms with van der Waals surface area (Å²) in [4.78, 5) is 38.5. The smallest absolute Gasteiger partial charge is 0.320 e. The molecular weight excluding hydrogens is 550 g/mol. The van der Waals surface area contributed by atoms with Gasteiger partial charge in [0.15, 0.2) is 5.65 Å². The lowest BCUT2D eigenvalue weighted by Crippen LogP contribution is -2.63. The number of pyridine rings is 2. The fourth-order valence-corrected chi connectivity index (χ4v) is 7.99. The van der Waals surface area contributed by atoms with Crippen LogP contribution in [-0.2, 0) is 4.79 Å². The van der Waals surface area contributed by atoms with E-state index in [9.17, 15) is 4.79 Å². The topological polar surface area (TPSA) is 87.6 Å². The molecule has 4 fully saturated rings. The van der Waals surface area contributed by atoms with Crippen LogP contribution in [0.15, 0.2) is 55.4 Å². The number of carbonyl (C=O) groups excluding carboxylic acids is 1. The van der Waals surface area contributed by atoms with Crippen molar-refractivity contribution in [2.24, 2.45) is 0 Å². The van der Waals surface area contributed by atoms with Gasteiger partial charge in [0.1, 0.15) is 12.4 Å². The van der Waals surface area contributed by atoms with Gasteiger partial charge in [-0.15, -0.1) is 0 Å². The standard InChI is InChI=1S/C32H32ClN7O2/c1-2-27(41)39-15-10-25-26(39)18-40(25)30-21-8-9-24(22-17-34-16-20-6-3-7-23(33)28(20)22)35-29(21)36-31(37-30)42-19-32-11-4-13-38(32)14-5-12-32/h2-3,6-9,16-17,25-26H,1,4-5,10-15,18-19H2/t25-,26+/m0/s1. The number of amides is 1. The number of hydrogen-bond acceptors (Lipinski definition) is 8. The number of benzene rings is 1. The van der Waals surface area contributed by atoms with Crippen LogP contribution in [-0.4, -0.2) is 86.1 Å². The third kappa shape index (κ3) is 3.97. The first kappa shape index (κ1) is 25.9. The van der Waals surface area contributed by atoms with Crippen LogP contribution >= 0.6 is 11.6 Å². The van der Waals surface area contributed by atoms with Crippen LogP contribution in [0, 0.1) is 0 Å². The highest BCUT2D eigenvalue weighted by molar-refractivity contribution is 6.36. The molecule has 0 N–H and O–H groups in total. The van der Waals surface area contributed by atoms with Gasteiger partial charge in [-0.3, -0.25) is 14.7 Å². The normalized spacial score (nSPS) is 22.8. The predicted octanol–water partition coefficient (Wildman–Crippen LogP) is 4.88. The molecule has 4 saturated heterocycles. The summed E-state index contributed by atoms with van der Waals surface area (Å²) in [5.41, 5.74) is 2.25. The second-order valence-electron chi connectivity index (χ2n) is 11.9. The summed E-state index contributed by atoms with van der Waals surface area (Å²) in [5.74, 6) is 0.800. The Hall–Kier alpha value is -3.82. The van der Waals surface area contributed by atoms with Gasteiger partial charge in [0, 0.05) is 46.8 Å². The van der Waals surface area contributed by atoms with E-state index in [-0.39, 0.29) is 23.5 Å². The maximum absolute atomic E-state index is 12.4. The first-order chi connectivity index (χ1) is 20.5. The lowest BCUT2D eigenvalue weighted by atomic mass is 9.95. The van der Waals surface area contributed by atoms with Crippen molar-refractivity contribution in [1.29, 1.82) is 0 Å². The van der Waals surface area contributed by atoms with Crippen molar-refractivity contribution in [3.63, 3.8) is 0 Å². The summed E-state index contributed by atoms with van der Waals surface area (Å²) in [6, 6.07) is 10.5. The Kier molecular flexibility index (Phi) is 6.08. The van der Waals surface area contributed by atoms with Crippen molar-refractivity contribution < 1.29 is 9.53 Å². The first-order valence-corrected chi connectivity index (χ1v) is 15.2. The van der Waals surface area contributed by atoms with Crippen LogP contribution in [0.1, 0.15) is 32.1 Å². The van der Waals surface area contributed by atoms with Crippen LogP contribution in [0.3, 0.4) is 0 Å². The Morgan fingerprint density at radius 1 is 1.07 bits per heavy atom. The number of fused-ring (bicyclic) bond motifs is 4. The van der Waals surface area contributed by atoms with Gasteiger partial charge in [-0.05, 0) is 69.5 Å². The van der Waals surface area contributed by atoms with E-state index < -0.39 is 0 Å². The lowest BCUT2D eigenvalue weighted by Gasteiger charge is -2.47. The Morgan fingerprint density at radius 2 is 1.93 bits per heavy atom. The van der Waals surface area contributed by atoms with E-state index in [0.29, 0.717) is 29.8 Å². The van der Waals surface area contributed by atoms with Gasteiger partial charge in [0.05, 0.1) is 28.7 Å². The second kappa shape index (κ2) is 9.88. The zero-order valence-corrected chi connectivity index (χ0v) is 24.1. The molecule has 214 valence electrons. The lowest BCUT2D eigenvalue weighted by molar-refractivity contribution is -0.127. The molecule has 7 heterocycles. The summed E-state index contributed by atoms with van der Waals surface area (Å²) in [6.45, 7) is 7.96. The summed E-state index contributed by atoms with van der Waals surface area (Å²) in [7, 11) is 0. The number of likely N-dealkylation sites (tertiary alicyclic amines) is 1. The van der Waals surface area contributed by atoms with Crippen LogP contribution < -0.4 is 9.64 Å². The molecule has 1 aromatic carbocycles. The number of nitrogens with zero attached hydrogens (tertiary/aromatic N) is 7. The van der Waals surface area contributed by atoms with E-state index in [4.69, 9.17) is 31.3 Å². The highest BCUT2D eigenvalue weighted by Crippen LogP contribution is 2.42. The molecule has 42 heavy (non-hydrogen) atoms. The molecule has 4 aliphatic rings. The number of aromatic nitrogens is 4. The molecule has 0 bridgehead atoms. The molecule has 2 atom stereocenters. The predicted molar refractivity (Wildman–Crippen MR) is 163 cm³/mol. The summed E-state index contributed by atoms with van der Waals surface area (Å²) >= 11 is 6.65. The van der Waals surface area contributed by atoms with E-state index in [2.05, 4.69) is 21.4 Å². The van der Waals surface area contributed by atoms with Crippen molar-refractivity contribution in [3.8, 4) is 17.3 Å². The molecule has 0 radical (unpaired) electrons. The van der Waals surface area contributed by atoms with Crippen molar-refractivity contribution in [3.05, 3.63) is 60.4 Å². The highest BCUT2D eigenvalue weighted by atomic mass is 35.5. The zero-order chi connectivity index (χ0) is 28.4. The minimum absolute atomic E-state index is 0.00989. The van der Waals surface area contributed by atoms with E-state index in [1.807, 2.05) is 41.4 Å². The quantitative estimate of drug-likeness (QED) is 0.298. The van der Waals surface area contributed by atoms with E-state index in [1.165, 1.54) is 18.9 Å². The number of anilines is 1. The van der Waals surface area contributed by atoms with Gasteiger partial charge in [-0.25, -0.2) is 4.98 Å². The minimum Gasteiger partial charge on any atom is -0.461 e. The minimum atomic E-state index is -0.00989. The van der Waals surface area contributed by atoms with Crippen LogP contribution in [0.2, 0.25) is 5.02 Å². The third-order valence-electron chi connectivity index (χ3n) is 9.83. The maximum Gasteiger partial charge on any atom is 0.320 e. The fraction of sp³-hybridized carbons (Fsp3) is 0.406. The average Bonchev–Trinajstić information content (AvgIpc) is 3.68. The second-order valence-corrected chi connectivity index (χ2v) is 12.3. The Bertz CT molecular complexity index is 1730. The van der Waals surface area contributed by atoms with E-state index in [0.717, 1.165) is 72.1 Å². The Balaban J connectivity index is 1.20. The number of ether oxygens (including phenoxy) is 1. The molecular formula is C32H32ClN7O2. The summed E-state index contributed by atoms with van der Waals surface area (Å²) in [5, 5.41) is 3.39. The molecule has 3 aromatic heterocycles. The van der Waals surface area contributed by atoms with Gasteiger partial charge in [0.2, 0.25) is 5.91 Å². The molecule has 10 heteroatoms. The Labute approximate surface area is 249 Å². The maximum atomic E-state index is 12.4. The third-order valence-corrected chi connectivity index (χ3v) is 10.1. The SMILES string of the molecule is C=CC(=O)N1CC[C@H]2[C@H]1CN2c1nc(OCC23CCCN2CCC3)nc2nc(-c3cncc4cccc(Cl)c34)ccc12. The van der Waals surface area contributed by atoms with Gasteiger partial charge in [-0.1, -0.05) is 30.3 Å². The summed E-state index contributed by atoms with van der Waals surface area (Å²) in [6.07, 6.45) is 10.6. The number of rotatable bonds is 6. The van der Waals surface area contributed by atoms with Gasteiger partial charge in [0.25, 0.3) is 0 Å². The summed E-state index contributed by atoms with van der Waals surface area (Å²) < 4.78 is 6.44. The van der Waals surface area contributed by atoms with Crippen molar-refractivity contribution in [2.45, 2.75) is 49.7 Å². The monoisotopic (exact) mass is 581 g/mol. The van der Waals surface area contributed by atoms with Crippen LogP contribution in [0.25, 0.3) is 33.1 Å². The molecule has 0 saturated carbocycles. The first-order valence-electron chi connectivity index (χ1n) is 14.8. The molecule has 0 aliphatic carbocycles.